The Bertz CT molecular complexity index is 930. The van der Waals surface area contributed by atoms with Crippen LogP contribution in [0.15, 0.2) is 54.7 Å². The van der Waals surface area contributed by atoms with E-state index in [0.29, 0.717) is 0 Å². The van der Waals surface area contributed by atoms with E-state index in [1.807, 2.05) is 54.7 Å². The highest BCUT2D eigenvalue weighted by molar-refractivity contribution is 5.68. The molecule has 0 amide bonds. The minimum absolute atomic E-state index is 0.790. The minimum atomic E-state index is 0.790. The van der Waals surface area contributed by atoms with Gasteiger partial charge in [0.2, 0.25) is 0 Å². The molecule has 5 nitrogen and oxygen atoms in total. The summed E-state index contributed by atoms with van der Waals surface area (Å²) in [5.41, 5.74) is 2.84. The van der Waals surface area contributed by atoms with Gasteiger partial charge in [-0.15, -0.1) is 5.10 Å². The molecule has 1 aromatic heterocycles. The van der Waals surface area contributed by atoms with Crippen molar-refractivity contribution in [1.82, 2.24) is 15.0 Å². The molecular weight excluding hydrogens is 398 g/mol. The van der Waals surface area contributed by atoms with Crippen LogP contribution in [0.3, 0.4) is 0 Å². The SMILES string of the molecule is CCCCCCCCCCOc1ccc(/C=C/c2cn(-c3ccc(OC)cc3)nn2)cc1. The van der Waals surface area contributed by atoms with Crippen molar-refractivity contribution in [2.45, 2.75) is 58.3 Å². The number of benzene rings is 2. The number of unbranched alkanes of at least 4 members (excludes halogenated alkanes) is 7. The molecule has 0 atom stereocenters. The van der Waals surface area contributed by atoms with Crippen molar-refractivity contribution in [1.29, 1.82) is 0 Å². The summed E-state index contributed by atoms with van der Waals surface area (Å²) in [7, 11) is 1.66. The quantitative estimate of drug-likeness (QED) is 0.258. The second-order valence-corrected chi connectivity index (χ2v) is 8.01. The van der Waals surface area contributed by atoms with Crippen molar-refractivity contribution >= 4 is 12.2 Å². The normalized spacial score (nSPS) is 11.2. The molecule has 0 aliphatic rings. The third-order valence-corrected chi connectivity index (χ3v) is 5.44. The van der Waals surface area contributed by atoms with Gasteiger partial charge in [-0.3, -0.25) is 0 Å². The van der Waals surface area contributed by atoms with Gasteiger partial charge in [0.05, 0.1) is 25.6 Å². The van der Waals surface area contributed by atoms with Gasteiger partial charge in [-0.1, -0.05) is 75.3 Å². The Kier molecular flexibility index (Phi) is 9.84. The van der Waals surface area contributed by atoms with E-state index in [2.05, 4.69) is 29.4 Å². The summed E-state index contributed by atoms with van der Waals surface area (Å²) in [6, 6.07) is 15.9. The van der Waals surface area contributed by atoms with E-state index in [-0.39, 0.29) is 0 Å². The standard InChI is InChI=1S/C27H35N3O2/c1-3-4-5-6-7-8-9-10-21-32-27-17-12-23(13-18-27)11-14-24-22-30(29-28-24)25-15-19-26(31-2)20-16-25/h11-20,22H,3-10,21H2,1-2H3/b14-11+. The van der Waals surface area contributed by atoms with Crippen molar-refractivity contribution < 1.29 is 9.47 Å². The summed E-state index contributed by atoms with van der Waals surface area (Å²) in [5.74, 6) is 1.75. The number of hydrogen-bond acceptors (Lipinski definition) is 4. The molecule has 0 bridgehead atoms. The van der Waals surface area contributed by atoms with Crippen molar-refractivity contribution in [2.75, 3.05) is 13.7 Å². The van der Waals surface area contributed by atoms with E-state index >= 15 is 0 Å². The lowest BCUT2D eigenvalue weighted by Gasteiger charge is -2.06. The zero-order valence-electron chi connectivity index (χ0n) is 19.4. The number of ether oxygens (including phenoxy) is 2. The van der Waals surface area contributed by atoms with E-state index in [9.17, 15) is 0 Å². The molecule has 0 N–H and O–H groups in total. The zero-order chi connectivity index (χ0) is 22.4. The van der Waals surface area contributed by atoms with Crippen LogP contribution in [0.5, 0.6) is 11.5 Å². The van der Waals surface area contributed by atoms with E-state index in [4.69, 9.17) is 9.47 Å². The molecule has 0 saturated heterocycles. The van der Waals surface area contributed by atoms with Crippen LogP contribution in [0.1, 0.15) is 69.5 Å². The van der Waals surface area contributed by atoms with Gasteiger partial charge in [-0.2, -0.15) is 0 Å². The van der Waals surface area contributed by atoms with Gasteiger partial charge in [0.1, 0.15) is 17.2 Å². The Balaban J connectivity index is 1.39. The van der Waals surface area contributed by atoms with Crippen molar-refractivity contribution in [3.63, 3.8) is 0 Å². The highest BCUT2D eigenvalue weighted by Gasteiger charge is 2.01. The average molecular weight is 434 g/mol. The highest BCUT2D eigenvalue weighted by atomic mass is 16.5. The van der Waals surface area contributed by atoms with Crippen LogP contribution in [0.2, 0.25) is 0 Å². The first-order valence-electron chi connectivity index (χ1n) is 11.8. The Morgan fingerprint density at radius 1 is 0.781 bits per heavy atom. The first-order chi connectivity index (χ1) is 15.8. The molecule has 3 rings (SSSR count). The molecule has 1 heterocycles. The summed E-state index contributed by atoms with van der Waals surface area (Å²) < 4.78 is 12.8. The number of aromatic nitrogens is 3. The number of nitrogens with zero attached hydrogens (tertiary/aromatic N) is 3. The summed E-state index contributed by atoms with van der Waals surface area (Å²) in [4.78, 5) is 0. The number of methoxy groups -OCH3 is 1. The van der Waals surface area contributed by atoms with E-state index in [0.717, 1.165) is 41.5 Å². The predicted octanol–water partition coefficient (Wildman–Crippen LogP) is 6.97. The van der Waals surface area contributed by atoms with E-state index < -0.39 is 0 Å². The molecule has 3 aromatic rings. The Morgan fingerprint density at radius 2 is 1.44 bits per heavy atom. The largest absolute Gasteiger partial charge is 0.497 e. The third-order valence-electron chi connectivity index (χ3n) is 5.44. The Labute approximate surface area is 192 Å². The summed E-state index contributed by atoms with van der Waals surface area (Å²) in [6.45, 7) is 3.05. The molecule has 0 aliphatic carbocycles. The molecule has 2 aromatic carbocycles. The second-order valence-electron chi connectivity index (χ2n) is 8.01. The van der Waals surface area contributed by atoms with Crippen LogP contribution in [-0.4, -0.2) is 28.7 Å². The summed E-state index contributed by atoms with van der Waals surface area (Å²) >= 11 is 0. The van der Waals surface area contributed by atoms with Crippen molar-refractivity contribution in [2.24, 2.45) is 0 Å². The highest BCUT2D eigenvalue weighted by Crippen LogP contribution is 2.17. The third kappa shape index (κ3) is 7.88. The van der Waals surface area contributed by atoms with E-state index in [1.165, 1.54) is 44.9 Å². The van der Waals surface area contributed by atoms with Crippen LogP contribution < -0.4 is 9.47 Å². The minimum Gasteiger partial charge on any atom is -0.497 e. The van der Waals surface area contributed by atoms with Gasteiger partial charge in [0.15, 0.2) is 0 Å². The maximum atomic E-state index is 5.88. The van der Waals surface area contributed by atoms with Crippen LogP contribution in [-0.2, 0) is 0 Å². The zero-order valence-corrected chi connectivity index (χ0v) is 19.4. The molecule has 170 valence electrons. The molecule has 0 saturated carbocycles. The monoisotopic (exact) mass is 433 g/mol. The molecule has 0 radical (unpaired) electrons. The maximum absolute atomic E-state index is 5.88. The van der Waals surface area contributed by atoms with Crippen molar-refractivity contribution in [3.8, 4) is 17.2 Å². The van der Waals surface area contributed by atoms with E-state index in [1.54, 1.807) is 11.8 Å². The van der Waals surface area contributed by atoms with Crippen LogP contribution in [0.4, 0.5) is 0 Å². The second kappa shape index (κ2) is 13.4. The lowest BCUT2D eigenvalue weighted by molar-refractivity contribution is 0.304. The molecule has 0 spiro atoms. The fraction of sp³-hybridized carbons (Fsp3) is 0.407. The fourth-order valence-electron chi connectivity index (χ4n) is 3.50. The smallest absolute Gasteiger partial charge is 0.119 e. The Hall–Kier alpha value is -3.08. The van der Waals surface area contributed by atoms with Crippen LogP contribution in [0.25, 0.3) is 17.8 Å². The van der Waals surface area contributed by atoms with Gasteiger partial charge >= 0.3 is 0 Å². The van der Waals surface area contributed by atoms with Crippen LogP contribution >= 0.6 is 0 Å². The topological polar surface area (TPSA) is 49.2 Å². The molecule has 32 heavy (non-hydrogen) atoms. The number of hydrogen-bond donors (Lipinski definition) is 0. The first-order valence-corrected chi connectivity index (χ1v) is 11.8. The lowest BCUT2D eigenvalue weighted by atomic mass is 10.1. The lowest BCUT2D eigenvalue weighted by Crippen LogP contribution is -1.97. The van der Waals surface area contributed by atoms with Gasteiger partial charge < -0.3 is 9.47 Å². The molecule has 5 heteroatoms. The Morgan fingerprint density at radius 3 is 2.12 bits per heavy atom. The maximum Gasteiger partial charge on any atom is 0.119 e. The fourth-order valence-corrected chi connectivity index (χ4v) is 3.50. The summed E-state index contributed by atoms with van der Waals surface area (Å²) in [5, 5.41) is 8.42. The van der Waals surface area contributed by atoms with Gasteiger partial charge in [0.25, 0.3) is 0 Å². The predicted molar refractivity (Wildman–Crippen MR) is 131 cm³/mol. The van der Waals surface area contributed by atoms with Crippen molar-refractivity contribution in [3.05, 3.63) is 66.0 Å². The molecule has 0 unspecified atom stereocenters. The molecule has 0 fully saturated rings. The average Bonchev–Trinajstić information content (AvgIpc) is 3.31. The first kappa shape index (κ1) is 23.6. The summed E-state index contributed by atoms with van der Waals surface area (Å²) in [6.07, 6.45) is 16.4. The van der Waals surface area contributed by atoms with Gasteiger partial charge in [-0.25, -0.2) is 4.68 Å². The number of rotatable bonds is 14. The van der Waals surface area contributed by atoms with Crippen LogP contribution in [0, 0.1) is 0 Å². The molecule has 0 aliphatic heterocycles. The van der Waals surface area contributed by atoms with Gasteiger partial charge in [0, 0.05) is 0 Å². The molecular formula is C27H35N3O2. The van der Waals surface area contributed by atoms with Gasteiger partial charge in [-0.05, 0) is 54.5 Å².